The molecule has 0 spiro atoms. The Morgan fingerprint density at radius 3 is 2.38 bits per heavy atom. The first-order valence-electron chi connectivity index (χ1n) is 8.06. The van der Waals surface area contributed by atoms with E-state index in [-0.39, 0.29) is 25.0 Å². The van der Waals surface area contributed by atoms with Gasteiger partial charge in [-0.25, -0.2) is 4.79 Å². The van der Waals surface area contributed by atoms with Gasteiger partial charge in [0.1, 0.15) is 6.61 Å². The van der Waals surface area contributed by atoms with Gasteiger partial charge < -0.3 is 19.1 Å². The zero-order valence-corrected chi connectivity index (χ0v) is 14.9. The summed E-state index contributed by atoms with van der Waals surface area (Å²) < 4.78 is 15.5. The highest BCUT2D eigenvalue weighted by molar-refractivity contribution is 5.71. The predicted octanol–water partition coefficient (Wildman–Crippen LogP) is 3.00. The number of carbonyl (C=O) groups is 2. The molecule has 24 heavy (non-hydrogen) atoms. The van der Waals surface area contributed by atoms with E-state index in [9.17, 15) is 9.59 Å². The van der Waals surface area contributed by atoms with Crippen molar-refractivity contribution in [3.8, 4) is 0 Å². The number of amides is 1. The number of carbonyl (C=O) groups excluding carboxylic acids is 2. The summed E-state index contributed by atoms with van der Waals surface area (Å²) in [5, 5.41) is 0. The fraction of sp³-hybridized carbons (Fsp3) is 0.556. The lowest BCUT2D eigenvalue weighted by molar-refractivity contribution is -0.144. The first kappa shape index (κ1) is 20.0. The van der Waals surface area contributed by atoms with Gasteiger partial charge in [0.2, 0.25) is 0 Å². The van der Waals surface area contributed by atoms with Crippen LogP contribution in [-0.4, -0.2) is 50.4 Å². The molecule has 1 amide bonds. The minimum Gasteiger partial charge on any atom is -0.469 e. The van der Waals surface area contributed by atoms with Crippen LogP contribution in [0.25, 0.3) is 0 Å². The van der Waals surface area contributed by atoms with Crippen LogP contribution >= 0.6 is 0 Å². The van der Waals surface area contributed by atoms with Crippen molar-refractivity contribution in [2.24, 2.45) is 0 Å². The van der Waals surface area contributed by atoms with Crippen molar-refractivity contribution >= 4 is 12.1 Å². The molecule has 0 fully saturated rings. The summed E-state index contributed by atoms with van der Waals surface area (Å²) in [6.07, 6.45) is 0.762. The van der Waals surface area contributed by atoms with Gasteiger partial charge in [-0.2, -0.15) is 0 Å². The van der Waals surface area contributed by atoms with Crippen molar-refractivity contribution in [3.05, 3.63) is 35.9 Å². The fourth-order valence-corrected chi connectivity index (χ4v) is 2.51. The van der Waals surface area contributed by atoms with Gasteiger partial charge in [-0.1, -0.05) is 43.7 Å². The zero-order valence-electron chi connectivity index (χ0n) is 14.9. The lowest BCUT2D eigenvalue weighted by Crippen LogP contribution is -2.46. The fourth-order valence-electron chi connectivity index (χ4n) is 2.51. The summed E-state index contributed by atoms with van der Waals surface area (Å²) in [5.74, 6) is -0.367. The minimum absolute atomic E-state index is 0.0912. The molecule has 1 rings (SSSR count). The maximum Gasteiger partial charge on any atom is 0.410 e. The van der Waals surface area contributed by atoms with Gasteiger partial charge in [0.15, 0.2) is 0 Å². The second kappa shape index (κ2) is 10.6. The van der Waals surface area contributed by atoms with Crippen LogP contribution in [0.4, 0.5) is 4.79 Å². The Hall–Kier alpha value is -2.08. The summed E-state index contributed by atoms with van der Waals surface area (Å²) in [7, 11) is 4.53. The molecule has 0 aliphatic rings. The summed E-state index contributed by atoms with van der Waals surface area (Å²) in [6.45, 7) is 2.22. The second-order valence-corrected chi connectivity index (χ2v) is 5.56. The molecule has 6 nitrogen and oxygen atoms in total. The molecule has 0 aliphatic carbocycles. The van der Waals surface area contributed by atoms with Gasteiger partial charge in [-0.3, -0.25) is 4.79 Å². The molecule has 0 saturated carbocycles. The Bertz CT molecular complexity index is 505. The number of ether oxygens (including phenoxy) is 3. The molecule has 0 unspecified atom stereocenters. The highest BCUT2D eigenvalue weighted by Gasteiger charge is 2.30. The highest BCUT2D eigenvalue weighted by Crippen LogP contribution is 2.17. The summed E-state index contributed by atoms with van der Waals surface area (Å²) in [6, 6.07) is 9.22. The Morgan fingerprint density at radius 1 is 1.17 bits per heavy atom. The summed E-state index contributed by atoms with van der Waals surface area (Å²) in [5.41, 5.74) is 0.921. The molecule has 1 aromatic rings. The van der Waals surface area contributed by atoms with Gasteiger partial charge in [-0.05, 0) is 12.0 Å². The van der Waals surface area contributed by atoms with Crippen molar-refractivity contribution in [2.45, 2.75) is 44.9 Å². The maximum atomic E-state index is 12.3. The van der Waals surface area contributed by atoms with Crippen LogP contribution < -0.4 is 0 Å². The number of rotatable bonds is 9. The standard InChI is InChI=1S/C18H27NO5/c1-5-9-15(16(22-3)12-17(20)23-4)19(2)18(21)24-13-14-10-7-6-8-11-14/h6-8,10-11,15-16H,5,9,12-13H2,1-4H3/t15-,16+/m0/s1. The number of benzene rings is 1. The molecular weight excluding hydrogens is 310 g/mol. The third-order valence-corrected chi connectivity index (χ3v) is 3.90. The van der Waals surface area contributed by atoms with E-state index < -0.39 is 12.2 Å². The van der Waals surface area contributed by atoms with Gasteiger partial charge >= 0.3 is 12.1 Å². The number of hydrogen-bond donors (Lipinski definition) is 0. The highest BCUT2D eigenvalue weighted by atomic mass is 16.6. The van der Waals surface area contributed by atoms with Crippen molar-refractivity contribution in [3.63, 3.8) is 0 Å². The van der Waals surface area contributed by atoms with Crippen LogP contribution in [-0.2, 0) is 25.6 Å². The molecule has 0 heterocycles. The minimum atomic E-state index is -0.441. The topological polar surface area (TPSA) is 65.1 Å². The van der Waals surface area contributed by atoms with E-state index in [2.05, 4.69) is 0 Å². The molecule has 0 radical (unpaired) electrons. The lowest BCUT2D eigenvalue weighted by atomic mass is 10.0. The molecule has 0 bridgehead atoms. The third kappa shape index (κ3) is 6.20. The van der Waals surface area contributed by atoms with Gasteiger partial charge in [0.05, 0.1) is 25.7 Å². The number of methoxy groups -OCH3 is 2. The summed E-state index contributed by atoms with van der Waals surface area (Å²) >= 11 is 0. The first-order valence-corrected chi connectivity index (χ1v) is 8.06. The van der Waals surface area contributed by atoms with Gasteiger partial charge in [0, 0.05) is 14.2 Å². The van der Waals surface area contributed by atoms with Crippen LogP contribution in [0, 0.1) is 0 Å². The van der Waals surface area contributed by atoms with E-state index in [0.29, 0.717) is 6.42 Å². The largest absolute Gasteiger partial charge is 0.469 e. The average molecular weight is 337 g/mol. The molecule has 2 atom stereocenters. The molecule has 0 aliphatic heterocycles. The average Bonchev–Trinajstić information content (AvgIpc) is 2.62. The number of hydrogen-bond acceptors (Lipinski definition) is 5. The van der Waals surface area contributed by atoms with Crippen LogP contribution in [0.5, 0.6) is 0 Å². The molecule has 6 heteroatoms. The Kier molecular flexibility index (Phi) is 8.86. The second-order valence-electron chi connectivity index (χ2n) is 5.56. The van der Waals surface area contributed by atoms with E-state index in [1.807, 2.05) is 37.3 Å². The number of likely N-dealkylation sites (N-methyl/N-ethyl adjacent to an activating group) is 1. The molecular formula is C18H27NO5. The zero-order chi connectivity index (χ0) is 17.9. The van der Waals surface area contributed by atoms with E-state index in [0.717, 1.165) is 12.0 Å². The smallest absolute Gasteiger partial charge is 0.410 e. The number of esters is 1. The monoisotopic (exact) mass is 337 g/mol. The third-order valence-electron chi connectivity index (χ3n) is 3.90. The molecule has 0 saturated heterocycles. The van der Waals surface area contributed by atoms with Crippen LogP contribution in [0.2, 0.25) is 0 Å². The summed E-state index contributed by atoms with van der Waals surface area (Å²) in [4.78, 5) is 25.4. The van der Waals surface area contributed by atoms with Crippen LogP contribution in [0.15, 0.2) is 30.3 Å². The van der Waals surface area contributed by atoms with Crippen molar-refractivity contribution in [2.75, 3.05) is 21.3 Å². The first-order chi connectivity index (χ1) is 11.5. The van der Waals surface area contributed by atoms with Crippen molar-refractivity contribution in [1.29, 1.82) is 0 Å². The molecule has 1 aromatic carbocycles. The molecule has 0 N–H and O–H groups in total. The van der Waals surface area contributed by atoms with E-state index in [1.165, 1.54) is 19.1 Å². The SMILES string of the molecule is CCC[C@@H]([C@@H](CC(=O)OC)OC)N(C)C(=O)OCc1ccccc1. The normalized spacial score (nSPS) is 13.0. The number of nitrogens with zero attached hydrogens (tertiary/aromatic N) is 1. The predicted molar refractivity (Wildman–Crippen MR) is 90.5 cm³/mol. The Morgan fingerprint density at radius 2 is 1.83 bits per heavy atom. The van der Waals surface area contributed by atoms with Crippen LogP contribution in [0.3, 0.4) is 0 Å². The van der Waals surface area contributed by atoms with Crippen LogP contribution in [0.1, 0.15) is 31.7 Å². The molecule has 134 valence electrons. The van der Waals surface area contributed by atoms with Crippen molar-refractivity contribution < 1.29 is 23.8 Å². The van der Waals surface area contributed by atoms with Crippen molar-refractivity contribution in [1.82, 2.24) is 4.90 Å². The van der Waals surface area contributed by atoms with Gasteiger partial charge in [-0.15, -0.1) is 0 Å². The van der Waals surface area contributed by atoms with Gasteiger partial charge in [0.25, 0.3) is 0 Å². The Balaban J connectivity index is 2.70. The van der Waals surface area contributed by atoms with E-state index >= 15 is 0 Å². The molecule has 0 aromatic heterocycles. The maximum absolute atomic E-state index is 12.3. The Labute approximate surface area is 143 Å². The van der Waals surface area contributed by atoms with E-state index in [4.69, 9.17) is 14.2 Å². The lowest BCUT2D eigenvalue weighted by Gasteiger charge is -2.32. The quantitative estimate of drug-likeness (QED) is 0.648. The van der Waals surface area contributed by atoms with E-state index in [1.54, 1.807) is 7.05 Å².